The number of ketones is 2. The zero-order valence-corrected chi connectivity index (χ0v) is 16.4. The van der Waals surface area contributed by atoms with Crippen LogP contribution in [0.15, 0.2) is 36.4 Å². The van der Waals surface area contributed by atoms with Gasteiger partial charge in [-0.25, -0.2) is 4.79 Å². The molecular weight excluding hydrogens is 384 g/mol. The van der Waals surface area contributed by atoms with Gasteiger partial charge in [0.15, 0.2) is 18.2 Å². The Morgan fingerprint density at radius 2 is 1.60 bits per heavy atom. The molecule has 7 heteroatoms. The van der Waals surface area contributed by atoms with Gasteiger partial charge < -0.3 is 15.8 Å². The average Bonchev–Trinajstić information content (AvgIpc) is 2.76. The van der Waals surface area contributed by atoms with E-state index in [-0.39, 0.29) is 45.7 Å². The van der Waals surface area contributed by atoms with Gasteiger partial charge in [-0.05, 0) is 25.0 Å². The molecule has 1 fully saturated rings. The number of anilines is 1. The molecule has 0 spiro atoms. The smallest absolute Gasteiger partial charge is 0.340 e. The summed E-state index contributed by atoms with van der Waals surface area (Å²) in [5.41, 5.74) is 6.66. The minimum absolute atomic E-state index is 0.000179. The van der Waals surface area contributed by atoms with Crippen molar-refractivity contribution in [3.05, 3.63) is 64.2 Å². The Morgan fingerprint density at radius 3 is 2.30 bits per heavy atom. The number of fused-ring (bicyclic) bond motifs is 2. The van der Waals surface area contributed by atoms with E-state index >= 15 is 0 Å². The SMILES string of the molecule is Nc1c(C(=O)OCC(=O)NC2CCCCC2)ccc2c1C(=O)c1ccccc1C2=O. The fourth-order valence-electron chi connectivity index (χ4n) is 4.12. The van der Waals surface area contributed by atoms with Gasteiger partial charge in [0, 0.05) is 22.7 Å². The Bertz CT molecular complexity index is 1050. The molecular formula is C23H22N2O5. The van der Waals surface area contributed by atoms with E-state index in [9.17, 15) is 19.2 Å². The molecule has 0 heterocycles. The molecule has 2 aliphatic rings. The number of amides is 1. The highest BCUT2D eigenvalue weighted by atomic mass is 16.5. The highest BCUT2D eigenvalue weighted by molar-refractivity contribution is 6.30. The number of nitrogens with one attached hydrogen (secondary N) is 1. The Hall–Kier alpha value is -3.48. The third kappa shape index (κ3) is 3.58. The number of ether oxygens (including phenoxy) is 1. The maximum absolute atomic E-state index is 12.9. The lowest BCUT2D eigenvalue weighted by molar-refractivity contribution is -0.125. The van der Waals surface area contributed by atoms with Gasteiger partial charge in [-0.3, -0.25) is 14.4 Å². The normalized spacial score (nSPS) is 15.9. The first kappa shape index (κ1) is 19.8. The molecule has 0 saturated heterocycles. The predicted octanol–water partition coefficient (Wildman–Crippen LogP) is 2.65. The number of hydrogen-bond acceptors (Lipinski definition) is 6. The molecule has 1 amide bonds. The lowest BCUT2D eigenvalue weighted by Gasteiger charge is -2.22. The van der Waals surface area contributed by atoms with E-state index in [1.54, 1.807) is 24.3 Å². The molecule has 0 atom stereocenters. The lowest BCUT2D eigenvalue weighted by Crippen LogP contribution is -2.38. The topological polar surface area (TPSA) is 116 Å². The van der Waals surface area contributed by atoms with Crippen molar-refractivity contribution in [1.29, 1.82) is 0 Å². The second kappa shape index (κ2) is 8.10. The van der Waals surface area contributed by atoms with Crippen LogP contribution in [-0.4, -0.2) is 36.1 Å². The molecule has 0 aliphatic heterocycles. The number of benzene rings is 2. The van der Waals surface area contributed by atoms with Crippen molar-refractivity contribution in [2.75, 3.05) is 12.3 Å². The van der Waals surface area contributed by atoms with Gasteiger partial charge >= 0.3 is 5.97 Å². The fraction of sp³-hybridized carbons (Fsp3) is 0.304. The number of nitrogens with two attached hydrogens (primary N) is 1. The average molecular weight is 406 g/mol. The largest absolute Gasteiger partial charge is 0.452 e. The van der Waals surface area contributed by atoms with Gasteiger partial charge in [-0.2, -0.15) is 0 Å². The maximum Gasteiger partial charge on any atom is 0.340 e. The third-order valence-electron chi connectivity index (χ3n) is 5.66. The maximum atomic E-state index is 12.9. The molecule has 7 nitrogen and oxygen atoms in total. The Morgan fingerprint density at radius 1 is 0.933 bits per heavy atom. The van der Waals surface area contributed by atoms with E-state index in [0.717, 1.165) is 25.7 Å². The number of esters is 1. The predicted molar refractivity (Wildman–Crippen MR) is 109 cm³/mol. The van der Waals surface area contributed by atoms with Gasteiger partial charge in [0.25, 0.3) is 5.91 Å². The number of nitrogen functional groups attached to an aromatic ring is 1. The summed E-state index contributed by atoms with van der Waals surface area (Å²) in [5, 5.41) is 2.87. The summed E-state index contributed by atoms with van der Waals surface area (Å²) in [6, 6.07) is 9.36. The summed E-state index contributed by atoms with van der Waals surface area (Å²) in [7, 11) is 0. The molecule has 2 aromatic rings. The minimum atomic E-state index is -0.812. The minimum Gasteiger partial charge on any atom is -0.452 e. The number of rotatable bonds is 4. The highest BCUT2D eigenvalue weighted by Crippen LogP contribution is 2.32. The van der Waals surface area contributed by atoms with Crippen LogP contribution in [0.25, 0.3) is 0 Å². The van der Waals surface area contributed by atoms with Crippen LogP contribution in [0.5, 0.6) is 0 Å². The number of carbonyl (C=O) groups excluding carboxylic acids is 4. The molecule has 154 valence electrons. The monoisotopic (exact) mass is 406 g/mol. The van der Waals surface area contributed by atoms with Crippen molar-refractivity contribution in [2.24, 2.45) is 0 Å². The highest BCUT2D eigenvalue weighted by Gasteiger charge is 2.33. The van der Waals surface area contributed by atoms with Gasteiger partial charge in [0.1, 0.15) is 0 Å². The quantitative estimate of drug-likeness (QED) is 0.508. The first-order valence-corrected chi connectivity index (χ1v) is 10.0. The van der Waals surface area contributed by atoms with E-state index in [2.05, 4.69) is 5.32 Å². The van der Waals surface area contributed by atoms with Crippen molar-refractivity contribution in [1.82, 2.24) is 5.32 Å². The van der Waals surface area contributed by atoms with Gasteiger partial charge in [-0.1, -0.05) is 43.5 Å². The molecule has 0 bridgehead atoms. The van der Waals surface area contributed by atoms with Crippen molar-refractivity contribution < 1.29 is 23.9 Å². The molecule has 3 N–H and O–H groups in total. The standard InChI is InChI=1S/C23H22N2O5/c24-20-17(23(29)30-12-18(26)25-13-6-2-1-3-7-13)11-10-16-19(20)22(28)15-9-5-4-8-14(15)21(16)27/h4-5,8-11,13H,1-3,6-7,12,24H2,(H,25,26). The third-order valence-corrected chi connectivity index (χ3v) is 5.66. The van der Waals surface area contributed by atoms with Crippen LogP contribution >= 0.6 is 0 Å². The molecule has 0 aromatic heterocycles. The summed E-state index contributed by atoms with van der Waals surface area (Å²) in [4.78, 5) is 50.2. The van der Waals surface area contributed by atoms with Crippen LogP contribution in [0.4, 0.5) is 5.69 Å². The fourth-order valence-corrected chi connectivity index (χ4v) is 4.12. The first-order chi connectivity index (χ1) is 14.5. The van der Waals surface area contributed by atoms with Crippen LogP contribution in [0.2, 0.25) is 0 Å². The summed E-state index contributed by atoms with van der Waals surface area (Å²) in [5.74, 6) is -1.92. The molecule has 2 aromatic carbocycles. The first-order valence-electron chi connectivity index (χ1n) is 10.0. The van der Waals surface area contributed by atoms with Gasteiger partial charge in [0.2, 0.25) is 0 Å². The second-order valence-electron chi connectivity index (χ2n) is 7.63. The van der Waals surface area contributed by atoms with Crippen LogP contribution in [0.1, 0.15) is 74.3 Å². The van der Waals surface area contributed by atoms with Crippen molar-refractivity contribution in [2.45, 2.75) is 38.1 Å². The molecule has 1 saturated carbocycles. The van der Waals surface area contributed by atoms with E-state index in [1.807, 2.05) is 0 Å². The van der Waals surface area contributed by atoms with E-state index in [4.69, 9.17) is 10.5 Å². The number of carbonyl (C=O) groups is 4. The Balaban J connectivity index is 1.50. The summed E-state index contributed by atoms with van der Waals surface area (Å²) >= 11 is 0. The molecule has 4 rings (SSSR count). The van der Waals surface area contributed by atoms with Crippen molar-refractivity contribution in [3.63, 3.8) is 0 Å². The summed E-state index contributed by atoms with van der Waals surface area (Å²) in [6.45, 7) is -0.429. The molecule has 0 radical (unpaired) electrons. The Labute approximate surface area is 173 Å². The van der Waals surface area contributed by atoms with Crippen LogP contribution in [-0.2, 0) is 9.53 Å². The van der Waals surface area contributed by atoms with Gasteiger partial charge in [0.05, 0.1) is 16.8 Å². The van der Waals surface area contributed by atoms with Crippen molar-refractivity contribution in [3.8, 4) is 0 Å². The lowest BCUT2D eigenvalue weighted by atomic mass is 9.82. The number of hydrogen-bond donors (Lipinski definition) is 2. The van der Waals surface area contributed by atoms with E-state index in [1.165, 1.54) is 18.6 Å². The van der Waals surface area contributed by atoms with Crippen LogP contribution in [0.3, 0.4) is 0 Å². The van der Waals surface area contributed by atoms with Gasteiger partial charge in [-0.15, -0.1) is 0 Å². The molecule has 0 unspecified atom stereocenters. The molecule has 30 heavy (non-hydrogen) atoms. The van der Waals surface area contributed by atoms with Crippen LogP contribution in [0, 0.1) is 0 Å². The molecule has 2 aliphatic carbocycles. The zero-order valence-electron chi connectivity index (χ0n) is 16.4. The second-order valence-corrected chi connectivity index (χ2v) is 7.63. The summed E-state index contributed by atoms with van der Waals surface area (Å²) in [6.07, 6.45) is 5.17. The van der Waals surface area contributed by atoms with Crippen LogP contribution < -0.4 is 11.1 Å². The Kier molecular flexibility index (Phi) is 5.35. The zero-order chi connectivity index (χ0) is 21.3. The van der Waals surface area contributed by atoms with Crippen molar-refractivity contribution >= 4 is 29.1 Å². The van der Waals surface area contributed by atoms with E-state index in [0.29, 0.717) is 5.56 Å². The summed E-state index contributed by atoms with van der Waals surface area (Å²) < 4.78 is 5.11. The van der Waals surface area contributed by atoms with E-state index < -0.39 is 18.4 Å².